The molecular formula is C17H31N. The second-order valence-electron chi connectivity index (χ2n) is 7.38. The fourth-order valence-corrected chi connectivity index (χ4v) is 4.09. The van der Waals surface area contributed by atoms with E-state index < -0.39 is 0 Å². The summed E-state index contributed by atoms with van der Waals surface area (Å²) in [5, 5.41) is 3.85. The third-order valence-corrected chi connectivity index (χ3v) is 5.83. The van der Waals surface area contributed by atoms with Gasteiger partial charge < -0.3 is 5.32 Å². The van der Waals surface area contributed by atoms with E-state index in [0.717, 1.165) is 23.3 Å². The third-order valence-electron chi connectivity index (χ3n) is 5.83. The van der Waals surface area contributed by atoms with Gasteiger partial charge >= 0.3 is 0 Å². The van der Waals surface area contributed by atoms with Crippen molar-refractivity contribution in [1.82, 2.24) is 5.32 Å². The fourth-order valence-electron chi connectivity index (χ4n) is 4.09. The molecule has 0 aromatic carbocycles. The van der Waals surface area contributed by atoms with Gasteiger partial charge in [-0.05, 0) is 68.6 Å². The average Bonchev–Trinajstić information content (AvgIpc) is 3.29. The predicted molar refractivity (Wildman–Crippen MR) is 77.7 cm³/mol. The van der Waals surface area contributed by atoms with E-state index in [4.69, 9.17) is 0 Å². The lowest BCUT2D eigenvalue weighted by Gasteiger charge is -2.41. The van der Waals surface area contributed by atoms with Gasteiger partial charge in [0.2, 0.25) is 0 Å². The summed E-state index contributed by atoms with van der Waals surface area (Å²) in [6, 6.07) is 0.901. The van der Waals surface area contributed by atoms with Crippen LogP contribution in [0.2, 0.25) is 0 Å². The molecule has 18 heavy (non-hydrogen) atoms. The summed E-state index contributed by atoms with van der Waals surface area (Å²) in [7, 11) is 0. The van der Waals surface area contributed by atoms with E-state index in [9.17, 15) is 0 Å². The van der Waals surface area contributed by atoms with E-state index in [1.807, 2.05) is 0 Å². The van der Waals surface area contributed by atoms with Crippen molar-refractivity contribution in [1.29, 1.82) is 0 Å². The Morgan fingerprint density at radius 1 is 1.00 bits per heavy atom. The molecule has 0 aromatic heterocycles. The smallest absolute Gasteiger partial charge is 0.00684 e. The Morgan fingerprint density at radius 2 is 1.72 bits per heavy atom. The van der Waals surface area contributed by atoms with Crippen LogP contribution in [0, 0.1) is 17.3 Å². The zero-order chi connectivity index (χ0) is 12.4. The van der Waals surface area contributed by atoms with Crippen molar-refractivity contribution in [3.8, 4) is 0 Å². The molecule has 0 atom stereocenters. The van der Waals surface area contributed by atoms with Crippen molar-refractivity contribution in [3.63, 3.8) is 0 Å². The molecule has 0 unspecified atom stereocenters. The van der Waals surface area contributed by atoms with Crippen LogP contribution in [0.4, 0.5) is 0 Å². The largest absolute Gasteiger partial charge is 0.313 e. The summed E-state index contributed by atoms with van der Waals surface area (Å²) < 4.78 is 0. The van der Waals surface area contributed by atoms with Crippen molar-refractivity contribution in [2.75, 3.05) is 6.54 Å². The van der Waals surface area contributed by atoms with Gasteiger partial charge in [0.1, 0.15) is 0 Å². The molecule has 0 spiro atoms. The van der Waals surface area contributed by atoms with E-state index in [0.29, 0.717) is 0 Å². The number of hydrogen-bond donors (Lipinski definition) is 1. The van der Waals surface area contributed by atoms with Crippen LogP contribution in [-0.4, -0.2) is 12.6 Å². The topological polar surface area (TPSA) is 12.0 Å². The van der Waals surface area contributed by atoms with Gasteiger partial charge in [-0.15, -0.1) is 0 Å². The van der Waals surface area contributed by atoms with Crippen LogP contribution < -0.4 is 5.32 Å². The van der Waals surface area contributed by atoms with Crippen LogP contribution in [0.1, 0.15) is 77.6 Å². The molecule has 0 aromatic rings. The number of rotatable bonds is 7. The lowest BCUT2D eigenvalue weighted by molar-refractivity contribution is 0.112. The van der Waals surface area contributed by atoms with Gasteiger partial charge in [0.15, 0.2) is 0 Å². The second-order valence-corrected chi connectivity index (χ2v) is 7.38. The highest BCUT2D eigenvalue weighted by Crippen LogP contribution is 2.54. The van der Waals surface area contributed by atoms with Crippen molar-refractivity contribution in [2.45, 2.75) is 83.6 Å². The van der Waals surface area contributed by atoms with Gasteiger partial charge in [0.25, 0.3) is 0 Å². The SMILES string of the molecule is CCCCC1CCC(CNC2CC2)(C2CC2)CC1. The van der Waals surface area contributed by atoms with E-state index in [1.54, 1.807) is 0 Å². The lowest BCUT2D eigenvalue weighted by atomic mass is 9.66. The molecule has 0 amide bonds. The van der Waals surface area contributed by atoms with Crippen molar-refractivity contribution >= 4 is 0 Å². The van der Waals surface area contributed by atoms with Gasteiger partial charge in [0, 0.05) is 12.6 Å². The fraction of sp³-hybridized carbons (Fsp3) is 1.00. The Hall–Kier alpha value is -0.0400. The van der Waals surface area contributed by atoms with Crippen LogP contribution in [0.15, 0.2) is 0 Å². The van der Waals surface area contributed by atoms with E-state index >= 15 is 0 Å². The highest BCUT2D eigenvalue weighted by Gasteiger charge is 2.46. The second kappa shape index (κ2) is 5.53. The van der Waals surface area contributed by atoms with Gasteiger partial charge in [0.05, 0.1) is 0 Å². The minimum absolute atomic E-state index is 0.727. The lowest BCUT2D eigenvalue weighted by Crippen LogP contribution is -2.40. The maximum Gasteiger partial charge on any atom is 0.00684 e. The van der Waals surface area contributed by atoms with E-state index in [-0.39, 0.29) is 0 Å². The van der Waals surface area contributed by atoms with Crippen molar-refractivity contribution in [3.05, 3.63) is 0 Å². The van der Waals surface area contributed by atoms with Gasteiger partial charge in [-0.3, -0.25) is 0 Å². The Kier molecular flexibility index (Phi) is 3.98. The maximum absolute atomic E-state index is 3.85. The third kappa shape index (κ3) is 3.10. The first-order valence-corrected chi connectivity index (χ1v) is 8.56. The molecule has 3 aliphatic carbocycles. The van der Waals surface area contributed by atoms with E-state index in [2.05, 4.69) is 12.2 Å². The molecule has 0 radical (unpaired) electrons. The summed E-state index contributed by atoms with van der Waals surface area (Å²) in [6.07, 6.45) is 16.4. The Morgan fingerprint density at radius 3 is 2.28 bits per heavy atom. The molecule has 0 aliphatic heterocycles. The summed E-state index contributed by atoms with van der Waals surface area (Å²) >= 11 is 0. The zero-order valence-corrected chi connectivity index (χ0v) is 12.2. The molecule has 3 aliphatic rings. The van der Waals surface area contributed by atoms with Crippen molar-refractivity contribution < 1.29 is 0 Å². The Labute approximate surface area is 113 Å². The first kappa shape index (κ1) is 13.0. The summed E-state index contributed by atoms with van der Waals surface area (Å²) in [6.45, 7) is 3.68. The molecule has 1 nitrogen and oxygen atoms in total. The molecular weight excluding hydrogens is 218 g/mol. The number of nitrogens with one attached hydrogen (secondary N) is 1. The highest BCUT2D eigenvalue weighted by atomic mass is 15.0. The molecule has 3 rings (SSSR count). The molecule has 0 bridgehead atoms. The molecule has 1 heteroatoms. The first-order chi connectivity index (χ1) is 8.82. The van der Waals surface area contributed by atoms with Gasteiger partial charge in [-0.25, -0.2) is 0 Å². The van der Waals surface area contributed by atoms with Gasteiger partial charge in [-0.2, -0.15) is 0 Å². The molecule has 1 N–H and O–H groups in total. The van der Waals surface area contributed by atoms with Crippen LogP contribution in [0.25, 0.3) is 0 Å². The van der Waals surface area contributed by atoms with E-state index in [1.165, 1.54) is 77.2 Å². The molecule has 0 saturated heterocycles. The molecule has 3 saturated carbocycles. The predicted octanol–water partition coefficient (Wildman–Crippen LogP) is 4.52. The normalized spacial score (nSPS) is 36.8. The molecule has 3 fully saturated rings. The van der Waals surface area contributed by atoms with Crippen LogP contribution in [-0.2, 0) is 0 Å². The molecule has 104 valence electrons. The quantitative estimate of drug-likeness (QED) is 0.699. The number of hydrogen-bond acceptors (Lipinski definition) is 1. The van der Waals surface area contributed by atoms with Crippen LogP contribution >= 0.6 is 0 Å². The summed E-state index contributed by atoms with van der Waals surface area (Å²) in [5.41, 5.74) is 0.727. The standard InChI is InChI=1S/C17H31N/c1-2-3-4-14-9-11-17(12-10-14,15-5-6-15)13-18-16-7-8-16/h14-16,18H,2-13H2,1H3. The monoisotopic (exact) mass is 249 g/mol. The summed E-state index contributed by atoms with van der Waals surface area (Å²) in [5.74, 6) is 2.16. The minimum atomic E-state index is 0.727. The van der Waals surface area contributed by atoms with Gasteiger partial charge in [-0.1, -0.05) is 26.2 Å². The first-order valence-electron chi connectivity index (χ1n) is 8.56. The van der Waals surface area contributed by atoms with Crippen molar-refractivity contribution in [2.24, 2.45) is 17.3 Å². The van der Waals surface area contributed by atoms with Crippen LogP contribution in [0.3, 0.4) is 0 Å². The zero-order valence-electron chi connectivity index (χ0n) is 12.2. The Balaban J connectivity index is 1.49. The highest BCUT2D eigenvalue weighted by molar-refractivity contribution is 4.99. The molecule has 0 heterocycles. The number of unbranched alkanes of at least 4 members (excludes halogenated alkanes) is 1. The van der Waals surface area contributed by atoms with Crippen LogP contribution in [0.5, 0.6) is 0 Å². The average molecular weight is 249 g/mol. The Bertz CT molecular complexity index is 257. The maximum atomic E-state index is 3.85. The summed E-state index contributed by atoms with van der Waals surface area (Å²) in [4.78, 5) is 0. The minimum Gasteiger partial charge on any atom is -0.313 e.